The third-order valence-corrected chi connectivity index (χ3v) is 5.94. The van der Waals surface area contributed by atoms with Crippen molar-refractivity contribution in [2.45, 2.75) is 32.8 Å². The summed E-state index contributed by atoms with van der Waals surface area (Å²) in [6.45, 7) is 2.23. The Balaban J connectivity index is 1.74. The number of para-hydroxylation sites is 1. The molecule has 0 radical (unpaired) electrons. The Labute approximate surface area is 211 Å². The number of hydrogen-bond donors (Lipinski definition) is 0. The van der Waals surface area contributed by atoms with Crippen LogP contribution in [0.2, 0.25) is 0 Å². The molecule has 0 bridgehead atoms. The first-order chi connectivity index (χ1) is 17.0. The fourth-order valence-corrected chi connectivity index (χ4v) is 4.02. The SMILES string of the molecule is CCCCc1nc2ccc(Br)cc2c(=O)n1N=Cc1cccc(OC)c1OCc1cccc(F)c1. The highest BCUT2D eigenvalue weighted by molar-refractivity contribution is 9.10. The molecular weight excluding hydrogens is 513 g/mol. The van der Waals surface area contributed by atoms with E-state index in [1.165, 1.54) is 16.8 Å². The van der Waals surface area contributed by atoms with Gasteiger partial charge in [0.15, 0.2) is 11.5 Å². The van der Waals surface area contributed by atoms with Gasteiger partial charge in [-0.15, -0.1) is 0 Å². The van der Waals surface area contributed by atoms with Crippen molar-refractivity contribution in [2.75, 3.05) is 7.11 Å². The Hall–Kier alpha value is -3.52. The molecule has 0 unspecified atom stereocenters. The van der Waals surface area contributed by atoms with Gasteiger partial charge >= 0.3 is 0 Å². The molecule has 35 heavy (non-hydrogen) atoms. The smallest absolute Gasteiger partial charge is 0.282 e. The van der Waals surface area contributed by atoms with Crippen LogP contribution in [0, 0.1) is 5.82 Å². The number of halogens is 2. The van der Waals surface area contributed by atoms with E-state index >= 15 is 0 Å². The molecule has 4 rings (SSSR count). The van der Waals surface area contributed by atoms with Gasteiger partial charge in [-0.3, -0.25) is 4.79 Å². The standard InChI is InChI=1S/C27H25BrFN3O3/c1-3-4-11-25-31-23-13-12-20(28)15-22(23)27(33)32(25)30-16-19-8-6-10-24(34-2)26(19)35-17-18-7-5-9-21(29)14-18/h5-10,12-16H,3-4,11,17H2,1-2H3. The van der Waals surface area contributed by atoms with Crippen LogP contribution in [0.5, 0.6) is 11.5 Å². The number of hydrogen-bond acceptors (Lipinski definition) is 5. The first-order valence-electron chi connectivity index (χ1n) is 11.3. The van der Waals surface area contributed by atoms with Gasteiger partial charge in [-0.2, -0.15) is 9.78 Å². The molecule has 0 aliphatic carbocycles. The van der Waals surface area contributed by atoms with Gasteiger partial charge in [0.2, 0.25) is 0 Å². The molecule has 0 spiro atoms. The number of rotatable bonds is 9. The average Bonchev–Trinajstić information content (AvgIpc) is 2.86. The molecule has 1 aromatic heterocycles. The van der Waals surface area contributed by atoms with E-state index < -0.39 is 0 Å². The summed E-state index contributed by atoms with van der Waals surface area (Å²) in [4.78, 5) is 18.0. The minimum Gasteiger partial charge on any atom is -0.493 e. The van der Waals surface area contributed by atoms with Crippen LogP contribution in [0.4, 0.5) is 4.39 Å². The molecule has 0 aliphatic heterocycles. The fraction of sp³-hybridized carbons (Fsp3) is 0.222. The number of benzene rings is 3. The summed E-state index contributed by atoms with van der Waals surface area (Å²) in [7, 11) is 1.55. The zero-order valence-electron chi connectivity index (χ0n) is 19.5. The molecule has 3 aromatic carbocycles. The quantitative estimate of drug-likeness (QED) is 0.241. The van der Waals surface area contributed by atoms with Crippen molar-refractivity contribution in [1.29, 1.82) is 0 Å². The van der Waals surface area contributed by atoms with Crippen LogP contribution in [0.1, 0.15) is 36.7 Å². The molecule has 6 nitrogen and oxygen atoms in total. The molecule has 0 N–H and O–H groups in total. The van der Waals surface area contributed by atoms with Crippen molar-refractivity contribution in [1.82, 2.24) is 9.66 Å². The Morgan fingerprint density at radius 3 is 2.74 bits per heavy atom. The lowest BCUT2D eigenvalue weighted by molar-refractivity contribution is 0.283. The van der Waals surface area contributed by atoms with Gasteiger partial charge in [0.05, 0.1) is 24.2 Å². The summed E-state index contributed by atoms with van der Waals surface area (Å²) >= 11 is 3.43. The van der Waals surface area contributed by atoms with Crippen molar-refractivity contribution in [2.24, 2.45) is 5.10 Å². The highest BCUT2D eigenvalue weighted by atomic mass is 79.9. The Kier molecular flexibility index (Phi) is 7.92. The van der Waals surface area contributed by atoms with Crippen molar-refractivity contribution in [3.05, 3.63) is 98.3 Å². The maximum atomic E-state index is 13.6. The number of fused-ring (bicyclic) bond motifs is 1. The summed E-state index contributed by atoms with van der Waals surface area (Å²) < 4.78 is 27.2. The third kappa shape index (κ3) is 5.77. The van der Waals surface area contributed by atoms with Crippen molar-refractivity contribution in [3.8, 4) is 11.5 Å². The van der Waals surface area contributed by atoms with Crippen molar-refractivity contribution < 1.29 is 13.9 Å². The topological polar surface area (TPSA) is 65.7 Å². The van der Waals surface area contributed by atoms with Crippen LogP contribution in [0.3, 0.4) is 0 Å². The number of ether oxygens (including phenoxy) is 2. The van der Waals surface area contributed by atoms with Crippen molar-refractivity contribution in [3.63, 3.8) is 0 Å². The van der Waals surface area contributed by atoms with Crippen LogP contribution in [-0.2, 0) is 13.0 Å². The molecule has 8 heteroatoms. The number of unbranched alkanes of at least 4 members (excludes halogenated alkanes) is 1. The van der Waals surface area contributed by atoms with Gasteiger partial charge in [0.1, 0.15) is 18.2 Å². The monoisotopic (exact) mass is 537 g/mol. The zero-order chi connectivity index (χ0) is 24.8. The molecule has 0 amide bonds. The normalized spacial score (nSPS) is 11.3. The van der Waals surface area contributed by atoms with E-state index in [9.17, 15) is 9.18 Å². The molecular formula is C27H25BrFN3O3. The Morgan fingerprint density at radius 2 is 1.97 bits per heavy atom. The van der Waals surface area contributed by atoms with Gasteiger partial charge in [-0.25, -0.2) is 9.37 Å². The van der Waals surface area contributed by atoms with Crippen molar-refractivity contribution >= 4 is 33.0 Å². The number of nitrogens with zero attached hydrogens (tertiary/aromatic N) is 3. The summed E-state index contributed by atoms with van der Waals surface area (Å²) in [6.07, 6.45) is 4.03. The van der Waals surface area contributed by atoms with E-state index in [4.69, 9.17) is 14.5 Å². The largest absolute Gasteiger partial charge is 0.493 e. The second-order valence-corrected chi connectivity index (χ2v) is 8.87. The van der Waals surface area contributed by atoms with Crippen LogP contribution < -0.4 is 15.0 Å². The maximum absolute atomic E-state index is 13.6. The highest BCUT2D eigenvalue weighted by Crippen LogP contribution is 2.31. The molecule has 0 aliphatic rings. The number of aromatic nitrogens is 2. The lowest BCUT2D eigenvalue weighted by Gasteiger charge is -2.14. The molecule has 0 atom stereocenters. The number of methoxy groups -OCH3 is 1. The van der Waals surface area contributed by atoms with Crippen LogP contribution in [0.15, 0.2) is 75.0 Å². The Bertz CT molecular complexity index is 1440. The summed E-state index contributed by atoms with van der Waals surface area (Å²) in [6, 6.07) is 17.1. The Morgan fingerprint density at radius 1 is 1.14 bits per heavy atom. The second kappa shape index (κ2) is 11.3. The van der Waals surface area contributed by atoms with E-state index in [1.807, 2.05) is 24.3 Å². The van der Waals surface area contributed by atoms with Gasteiger partial charge in [0.25, 0.3) is 5.56 Å². The highest BCUT2D eigenvalue weighted by Gasteiger charge is 2.13. The molecule has 0 saturated carbocycles. The minimum absolute atomic E-state index is 0.145. The molecule has 4 aromatic rings. The fourth-order valence-electron chi connectivity index (χ4n) is 3.66. The van der Waals surface area contributed by atoms with Gasteiger partial charge in [-0.05, 0) is 54.4 Å². The lowest BCUT2D eigenvalue weighted by Crippen LogP contribution is -2.22. The van der Waals surface area contributed by atoms with Gasteiger partial charge in [-0.1, -0.05) is 47.5 Å². The molecule has 0 saturated heterocycles. The van der Waals surface area contributed by atoms with Gasteiger partial charge in [0, 0.05) is 16.5 Å². The minimum atomic E-state index is -0.331. The maximum Gasteiger partial charge on any atom is 0.282 e. The predicted octanol–water partition coefficient (Wildman–Crippen LogP) is 6.11. The predicted molar refractivity (Wildman–Crippen MR) is 139 cm³/mol. The number of aryl methyl sites for hydroxylation is 1. The van der Waals surface area contributed by atoms with Crippen LogP contribution in [0.25, 0.3) is 10.9 Å². The van der Waals surface area contributed by atoms with E-state index in [1.54, 1.807) is 37.6 Å². The first-order valence-corrected chi connectivity index (χ1v) is 12.1. The van der Waals surface area contributed by atoms with Gasteiger partial charge < -0.3 is 9.47 Å². The summed E-state index contributed by atoms with van der Waals surface area (Å²) in [5.41, 5.74) is 1.68. The summed E-state index contributed by atoms with van der Waals surface area (Å²) in [5.74, 6) is 1.21. The van der Waals surface area contributed by atoms with Crippen LogP contribution >= 0.6 is 15.9 Å². The third-order valence-electron chi connectivity index (χ3n) is 5.44. The first kappa shape index (κ1) is 24.6. The van der Waals surface area contributed by atoms with E-state index in [-0.39, 0.29) is 18.0 Å². The van der Waals surface area contributed by atoms with E-state index in [0.717, 1.165) is 17.3 Å². The molecule has 0 fully saturated rings. The van der Waals surface area contributed by atoms with E-state index in [2.05, 4.69) is 28.0 Å². The zero-order valence-corrected chi connectivity index (χ0v) is 21.1. The molecule has 180 valence electrons. The molecule has 1 heterocycles. The lowest BCUT2D eigenvalue weighted by atomic mass is 10.2. The summed E-state index contributed by atoms with van der Waals surface area (Å²) in [5, 5.41) is 5.00. The average molecular weight is 538 g/mol. The van der Waals surface area contributed by atoms with Crippen LogP contribution in [-0.4, -0.2) is 23.0 Å². The van der Waals surface area contributed by atoms with E-state index in [0.29, 0.717) is 45.8 Å². The second-order valence-electron chi connectivity index (χ2n) is 7.95.